The summed E-state index contributed by atoms with van der Waals surface area (Å²) in [5.74, 6) is 8.48. The van der Waals surface area contributed by atoms with Crippen LogP contribution in [0.1, 0.15) is 24.0 Å². The Bertz CT molecular complexity index is 894. The maximum absolute atomic E-state index is 2.45. The molecule has 0 aromatic heterocycles. The Kier molecular flexibility index (Phi) is 2.59. The monoisotopic (exact) mass is 388 g/mol. The molecule has 1 spiro atoms. The van der Waals surface area contributed by atoms with Crippen LogP contribution in [0, 0.1) is 47.3 Å². The lowest BCUT2D eigenvalue weighted by Crippen LogP contribution is -2.60. The van der Waals surface area contributed by atoms with E-state index >= 15 is 0 Å². The van der Waals surface area contributed by atoms with Crippen molar-refractivity contribution in [2.45, 2.75) is 22.3 Å². The fourth-order valence-corrected chi connectivity index (χ4v) is 14.4. The summed E-state index contributed by atoms with van der Waals surface area (Å²) in [5.41, 5.74) is 3.16. The van der Waals surface area contributed by atoms with E-state index in [-0.39, 0.29) is 4.75 Å². The summed E-state index contributed by atoms with van der Waals surface area (Å²) in [5, 5.41) is 1.27. The Morgan fingerprint density at radius 2 is 1.26 bits per heavy atom. The molecule has 2 aromatic carbocycles. The van der Waals surface area contributed by atoms with Crippen LogP contribution in [0.4, 0.5) is 0 Å². The third-order valence-electron chi connectivity index (χ3n) is 9.84. The summed E-state index contributed by atoms with van der Waals surface area (Å²) < 4.78 is 0.606. The first-order valence-corrected chi connectivity index (χ1v) is 12.7. The molecule has 6 aliphatic rings. The zero-order chi connectivity index (χ0) is 17.4. The van der Waals surface area contributed by atoms with Crippen molar-refractivity contribution in [3.05, 3.63) is 71.8 Å². The average molecular weight is 389 g/mol. The van der Waals surface area contributed by atoms with Crippen molar-refractivity contribution in [1.29, 1.82) is 0 Å². The number of rotatable bonds is 2. The van der Waals surface area contributed by atoms with Crippen molar-refractivity contribution in [3.63, 3.8) is 0 Å². The van der Waals surface area contributed by atoms with Gasteiger partial charge in [-0.1, -0.05) is 60.7 Å². The molecule has 5 aliphatic carbocycles. The van der Waals surface area contributed by atoms with Gasteiger partial charge >= 0.3 is 0 Å². The Labute approximate surface area is 169 Å². The van der Waals surface area contributed by atoms with Gasteiger partial charge in [-0.2, -0.15) is 0 Å². The van der Waals surface area contributed by atoms with Crippen LogP contribution in [-0.4, -0.2) is 9.83 Å². The van der Waals surface area contributed by atoms with Gasteiger partial charge in [0, 0.05) is 9.83 Å². The van der Waals surface area contributed by atoms with E-state index in [2.05, 4.69) is 84.2 Å². The fourth-order valence-electron chi connectivity index (χ4n) is 9.74. The van der Waals surface area contributed by atoms with E-state index in [9.17, 15) is 0 Å². The van der Waals surface area contributed by atoms with Crippen LogP contribution >= 0.6 is 23.5 Å². The van der Waals surface area contributed by atoms with Crippen molar-refractivity contribution >= 4 is 23.5 Å². The van der Waals surface area contributed by atoms with Gasteiger partial charge in [-0.05, 0) is 71.3 Å². The molecule has 6 fully saturated rings. The van der Waals surface area contributed by atoms with Crippen molar-refractivity contribution < 1.29 is 0 Å². The van der Waals surface area contributed by atoms with Crippen LogP contribution in [0.3, 0.4) is 0 Å². The summed E-state index contributed by atoms with van der Waals surface area (Å²) in [7, 11) is 0. The van der Waals surface area contributed by atoms with Gasteiger partial charge in [0.2, 0.25) is 0 Å². The molecule has 2 heteroatoms. The number of hydrogen-bond acceptors (Lipinski definition) is 2. The smallest absolute Gasteiger partial charge is 0.0817 e. The molecule has 1 heterocycles. The second-order valence-electron chi connectivity index (χ2n) is 9.95. The van der Waals surface area contributed by atoms with E-state index in [4.69, 9.17) is 0 Å². The van der Waals surface area contributed by atoms with Crippen molar-refractivity contribution in [3.8, 4) is 0 Å². The number of benzene rings is 2. The summed E-state index contributed by atoms with van der Waals surface area (Å²) >= 11 is 4.67. The van der Waals surface area contributed by atoms with Gasteiger partial charge in [-0.25, -0.2) is 0 Å². The van der Waals surface area contributed by atoms with Gasteiger partial charge < -0.3 is 0 Å². The van der Waals surface area contributed by atoms with E-state index < -0.39 is 0 Å². The van der Waals surface area contributed by atoms with Gasteiger partial charge in [0.05, 0.1) is 4.75 Å². The summed E-state index contributed by atoms with van der Waals surface area (Å²) in [6, 6.07) is 23.3. The topological polar surface area (TPSA) is 0 Å². The van der Waals surface area contributed by atoms with E-state index in [1.165, 1.54) is 5.08 Å². The highest BCUT2D eigenvalue weighted by molar-refractivity contribution is 8.20. The van der Waals surface area contributed by atoms with E-state index in [1.807, 2.05) is 0 Å². The lowest BCUT2D eigenvalue weighted by molar-refractivity contribution is 0.00281. The Hall–Kier alpha value is -0.860. The minimum atomic E-state index is 0.156. The van der Waals surface area contributed by atoms with Gasteiger partial charge in [-0.15, -0.1) is 23.5 Å². The number of hydrogen-bond donors (Lipinski definition) is 0. The third-order valence-corrected chi connectivity index (χ3v) is 13.5. The molecule has 27 heavy (non-hydrogen) atoms. The van der Waals surface area contributed by atoms with Crippen LogP contribution in [-0.2, 0) is 4.75 Å². The standard InChI is InChI=1S/C25H24S2/c1-3-7-14(8-4-1)24(15-9-5-2-6-10-15)25(27-13-26-24)22-17-12-18-20-16(17)11-19(22)21(20)23(18)25/h1-10,16-23H,11-13H2. The lowest BCUT2D eigenvalue weighted by Gasteiger charge is -2.58. The first kappa shape index (κ1) is 15.0. The van der Waals surface area contributed by atoms with Crippen LogP contribution in [0.2, 0.25) is 0 Å². The van der Waals surface area contributed by atoms with Crippen molar-refractivity contribution in [2.24, 2.45) is 47.3 Å². The van der Waals surface area contributed by atoms with Gasteiger partial charge in [0.25, 0.3) is 0 Å². The molecule has 0 radical (unpaired) electrons. The Balaban J connectivity index is 1.44. The molecule has 8 rings (SSSR count). The molecule has 0 N–H and O–H groups in total. The van der Waals surface area contributed by atoms with Crippen molar-refractivity contribution in [1.82, 2.24) is 0 Å². The number of fused-ring (bicyclic) bond motifs is 4. The molecule has 1 saturated heterocycles. The van der Waals surface area contributed by atoms with E-state index in [0.29, 0.717) is 4.75 Å². The van der Waals surface area contributed by atoms with Gasteiger partial charge in [-0.3, -0.25) is 0 Å². The molecule has 0 amide bonds. The van der Waals surface area contributed by atoms with Crippen molar-refractivity contribution in [2.75, 3.05) is 5.08 Å². The molecule has 9 unspecified atom stereocenters. The number of thioether (sulfide) groups is 2. The molecule has 9 atom stereocenters. The normalized spacial score (nSPS) is 51.4. The predicted octanol–water partition coefficient (Wildman–Crippen LogP) is 5.88. The minimum Gasteiger partial charge on any atom is -0.141 e. The quantitative estimate of drug-likeness (QED) is 0.630. The maximum atomic E-state index is 2.45. The summed E-state index contributed by atoms with van der Waals surface area (Å²) in [4.78, 5) is 0. The van der Waals surface area contributed by atoms with Gasteiger partial charge in [0.1, 0.15) is 0 Å². The van der Waals surface area contributed by atoms with Crippen LogP contribution in [0.25, 0.3) is 0 Å². The predicted molar refractivity (Wildman–Crippen MR) is 114 cm³/mol. The summed E-state index contributed by atoms with van der Waals surface area (Å²) in [6.07, 6.45) is 3.18. The largest absolute Gasteiger partial charge is 0.141 e. The lowest BCUT2D eigenvalue weighted by atomic mass is 9.54. The van der Waals surface area contributed by atoms with Crippen LogP contribution in [0.15, 0.2) is 60.7 Å². The van der Waals surface area contributed by atoms with E-state index in [0.717, 1.165) is 47.3 Å². The molecule has 5 saturated carbocycles. The molecule has 136 valence electrons. The van der Waals surface area contributed by atoms with E-state index in [1.54, 1.807) is 24.0 Å². The fraction of sp³-hybridized carbons (Fsp3) is 0.520. The Morgan fingerprint density at radius 1 is 0.630 bits per heavy atom. The maximum Gasteiger partial charge on any atom is 0.0817 e. The molecular weight excluding hydrogens is 364 g/mol. The molecule has 2 aromatic rings. The second-order valence-corrected chi connectivity index (χ2v) is 12.8. The third kappa shape index (κ3) is 1.34. The first-order chi connectivity index (χ1) is 13.4. The molecule has 2 bridgehead atoms. The van der Waals surface area contributed by atoms with Crippen LogP contribution < -0.4 is 0 Å². The average Bonchev–Trinajstić information content (AvgIpc) is 3.38. The molecule has 1 aliphatic heterocycles. The minimum absolute atomic E-state index is 0.156. The SMILES string of the molecule is c1ccc(C2(c3ccccc3)SCSC23C2C4CC5C6C4CC2C6C53)cc1. The van der Waals surface area contributed by atoms with Gasteiger partial charge in [0.15, 0.2) is 0 Å². The Morgan fingerprint density at radius 3 is 1.96 bits per heavy atom. The highest BCUT2D eigenvalue weighted by Gasteiger charge is 2.88. The highest BCUT2D eigenvalue weighted by atomic mass is 32.2. The zero-order valence-corrected chi connectivity index (χ0v) is 17.0. The highest BCUT2D eigenvalue weighted by Crippen LogP contribution is 2.91. The summed E-state index contributed by atoms with van der Waals surface area (Å²) in [6.45, 7) is 0. The van der Waals surface area contributed by atoms with Crippen LogP contribution in [0.5, 0.6) is 0 Å². The zero-order valence-electron chi connectivity index (χ0n) is 15.3. The first-order valence-electron chi connectivity index (χ1n) is 10.8. The second kappa shape index (κ2) is 4.65. The molecular formula is C25H24S2. The molecule has 0 nitrogen and oxygen atoms in total.